The summed E-state index contributed by atoms with van der Waals surface area (Å²) in [5, 5.41) is 2.61. The summed E-state index contributed by atoms with van der Waals surface area (Å²) in [6.07, 6.45) is 5.66. The van der Waals surface area contributed by atoms with E-state index in [2.05, 4.69) is 63.5 Å². The van der Waals surface area contributed by atoms with Crippen LogP contribution in [0.4, 0.5) is 0 Å². The molecule has 0 fully saturated rings. The molecule has 4 aromatic rings. The smallest absolute Gasteiger partial charge is 0.0992 e. The molecule has 98 valence electrons. The molecule has 0 bridgehead atoms. The van der Waals surface area contributed by atoms with E-state index in [0.717, 1.165) is 6.54 Å². The van der Waals surface area contributed by atoms with Gasteiger partial charge in [-0.1, -0.05) is 30.3 Å². The number of hydrogen-bond donors (Lipinski definition) is 0. The Morgan fingerprint density at radius 2 is 1.85 bits per heavy atom. The molecule has 0 radical (unpaired) electrons. The van der Waals surface area contributed by atoms with Gasteiger partial charge in [-0.3, -0.25) is 0 Å². The molecular weight excluding hydrogens is 246 g/mol. The molecule has 0 aliphatic rings. The minimum atomic E-state index is 0.954. The van der Waals surface area contributed by atoms with Gasteiger partial charge in [0, 0.05) is 35.2 Å². The molecule has 3 nitrogen and oxygen atoms in total. The molecule has 20 heavy (non-hydrogen) atoms. The van der Waals surface area contributed by atoms with Crippen LogP contribution in [-0.2, 0) is 6.54 Å². The highest BCUT2D eigenvalue weighted by atomic mass is 15.1. The van der Waals surface area contributed by atoms with Crippen LogP contribution in [0.5, 0.6) is 0 Å². The number of aryl methyl sites for hydroxylation is 1. The topological polar surface area (TPSA) is 22.8 Å². The van der Waals surface area contributed by atoms with Crippen LogP contribution in [-0.4, -0.2) is 14.1 Å². The second kappa shape index (κ2) is 4.23. The summed E-state index contributed by atoms with van der Waals surface area (Å²) in [4.78, 5) is 4.17. The minimum Gasteiger partial charge on any atom is -0.339 e. The van der Waals surface area contributed by atoms with Gasteiger partial charge in [0.1, 0.15) is 0 Å². The maximum atomic E-state index is 4.17. The van der Waals surface area contributed by atoms with Crippen molar-refractivity contribution in [2.24, 2.45) is 0 Å². The average Bonchev–Trinajstić information content (AvgIpc) is 3.13. The Bertz CT molecular complexity index is 885. The van der Waals surface area contributed by atoms with Crippen molar-refractivity contribution in [1.29, 1.82) is 0 Å². The van der Waals surface area contributed by atoms with Gasteiger partial charge in [0.25, 0.3) is 0 Å². The lowest BCUT2D eigenvalue weighted by atomic mass is 10.1. The van der Waals surface area contributed by atoms with Crippen molar-refractivity contribution in [3.63, 3.8) is 0 Å². The number of nitrogens with zero attached hydrogens (tertiary/aromatic N) is 3. The van der Waals surface area contributed by atoms with E-state index in [-0.39, 0.29) is 0 Å². The second-order valence-electron chi connectivity index (χ2n) is 4.90. The Morgan fingerprint density at radius 3 is 2.65 bits per heavy atom. The Balaban J connectivity index is 2.22. The van der Waals surface area contributed by atoms with Crippen LogP contribution in [0.25, 0.3) is 27.5 Å². The van der Waals surface area contributed by atoms with Crippen molar-refractivity contribution < 1.29 is 0 Å². The maximum absolute atomic E-state index is 4.17. The summed E-state index contributed by atoms with van der Waals surface area (Å²) in [7, 11) is 0. The normalized spacial score (nSPS) is 11.4. The van der Waals surface area contributed by atoms with E-state index in [0.29, 0.717) is 0 Å². The molecule has 0 aliphatic heterocycles. The largest absolute Gasteiger partial charge is 0.339 e. The van der Waals surface area contributed by atoms with Crippen LogP contribution >= 0.6 is 0 Å². The molecule has 0 N–H and O–H groups in total. The quantitative estimate of drug-likeness (QED) is 0.535. The third-order valence-corrected chi connectivity index (χ3v) is 3.87. The van der Waals surface area contributed by atoms with Gasteiger partial charge >= 0.3 is 0 Å². The highest BCUT2D eigenvalue weighted by Crippen LogP contribution is 2.32. The molecular formula is C17H15N3. The monoisotopic (exact) mass is 261 g/mol. The summed E-state index contributed by atoms with van der Waals surface area (Å²) in [5.41, 5.74) is 3.74. The number of benzene rings is 2. The highest BCUT2D eigenvalue weighted by molar-refractivity contribution is 6.10. The molecule has 0 amide bonds. The number of para-hydroxylation sites is 2. The molecule has 0 unspecified atom stereocenters. The lowest BCUT2D eigenvalue weighted by Gasteiger charge is -2.09. The summed E-state index contributed by atoms with van der Waals surface area (Å²) >= 11 is 0. The van der Waals surface area contributed by atoms with Gasteiger partial charge in [-0.05, 0) is 19.1 Å². The summed E-state index contributed by atoms with van der Waals surface area (Å²) < 4.78 is 4.45. The van der Waals surface area contributed by atoms with E-state index in [9.17, 15) is 0 Å². The average molecular weight is 261 g/mol. The van der Waals surface area contributed by atoms with Gasteiger partial charge in [-0.15, -0.1) is 0 Å². The van der Waals surface area contributed by atoms with Gasteiger partial charge in [-0.25, -0.2) is 4.98 Å². The molecule has 2 aromatic carbocycles. The third kappa shape index (κ3) is 1.43. The van der Waals surface area contributed by atoms with Crippen molar-refractivity contribution in [2.45, 2.75) is 13.5 Å². The van der Waals surface area contributed by atoms with E-state index < -0.39 is 0 Å². The van der Waals surface area contributed by atoms with Crippen LogP contribution in [0.15, 0.2) is 61.2 Å². The van der Waals surface area contributed by atoms with Crippen molar-refractivity contribution in [1.82, 2.24) is 14.1 Å². The Morgan fingerprint density at radius 1 is 1.00 bits per heavy atom. The fraction of sp³-hybridized carbons (Fsp3) is 0.118. The molecule has 2 heterocycles. The van der Waals surface area contributed by atoms with Gasteiger partial charge in [0.05, 0.1) is 17.5 Å². The Kier molecular flexibility index (Phi) is 2.39. The van der Waals surface area contributed by atoms with Crippen molar-refractivity contribution in [2.75, 3.05) is 0 Å². The third-order valence-electron chi connectivity index (χ3n) is 3.87. The molecule has 2 aromatic heterocycles. The lowest BCUT2D eigenvalue weighted by molar-refractivity contribution is 0.822. The fourth-order valence-corrected chi connectivity index (χ4v) is 3.03. The predicted octanol–water partition coefficient (Wildman–Crippen LogP) is 4.00. The molecule has 4 rings (SSSR count). The first-order valence-corrected chi connectivity index (χ1v) is 6.88. The number of imidazole rings is 1. The van der Waals surface area contributed by atoms with Crippen LogP contribution in [0, 0.1) is 0 Å². The van der Waals surface area contributed by atoms with Crippen LogP contribution in [0.2, 0.25) is 0 Å². The zero-order chi connectivity index (χ0) is 13.5. The van der Waals surface area contributed by atoms with Crippen LogP contribution < -0.4 is 0 Å². The van der Waals surface area contributed by atoms with Crippen molar-refractivity contribution in [3.05, 3.63) is 61.2 Å². The summed E-state index contributed by atoms with van der Waals surface area (Å²) in [6, 6.07) is 15.1. The first kappa shape index (κ1) is 11.3. The van der Waals surface area contributed by atoms with Crippen LogP contribution in [0.3, 0.4) is 0 Å². The van der Waals surface area contributed by atoms with E-state index in [1.807, 2.05) is 18.7 Å². The zero-order valence-electron chi connectivity index (χ0n) is 11.3. The van der Waals surface area contributed by atoms with Crippen molar-refractivity contribution in [3.8, 4) is 5.69 Å². The van der Waals surface area contributed by atoms with Gasteiger partial charge in [0.2, 0.25) is 0 Å². The molecule has 3 heteroatoms. The lowest BCUT2D eigenvalue weighted by Crippen LogP contribution is -1.98. The summed E-state index contributed by atoms with van der Waals surface area (Å²) in [5.74, 6) is 0. The summed E-state index contributed by atoms with van der Waals surface area (Å²) in [6.45, 7) is 3.15. The molecule has 0 aliphatic carbocycles. The van der Waals surface area contributed by atoms with Gasteiger partial charge in [-0.2, -0.15) is 0 Å². The van der Waals surface area contributed by atoms with Crippen LogP contribution in [0.1, 0.15) is 6.92 Å². The predicted molar refractivity (Wildman–Crippen MR) is 82.2 cm³/mol. The first-order chi connectivity index (χ1) is 9.90. The molecule has 0 atom stereocenters. The van der Waals surface area contributed by atoms with Gasteiger partial charge < -0.3 is 9.13 Å². The molecule has 0 spiro atoms. The molecule has 0 saturated carbocycles. The van der Waals surface area contributed by atoms with E-state index in [4.69, 9.17) is 0 Å². The Labute approximate surface area is 117 Å². The number of aromatic nitrogens is 3. The van der Waals surface area contributed by atoms with Gasteiger partial charge in [0.15, 0.2) is 0 Å². The number of rotatable bonds is 2. The SMILES string of the molecule is CCn1c2ccccc2c2cccc(-n3ccnc3)c21. The Hall–Kier alpha value is -2.55. The van der Waals surface area contributed by atoms with E-state index in [1.165, 1.54) is 27.5 Å². The first-order valence-electron chi connectivity index (χ1n) is 6.88. The number of hydrogen-bond acceptors (Lipinski definition) is 1. The number of fused-ring (bicyclic) bond motifs is 3. The van der Waals surface area contributed by atoms with Crippen molar-refractivity contribution >= 4 is 21.8 Å². The molecule has 0 saturated heterocycles. The standard InChI is InChI=1S/C17H15N3/c1-2-20-15-8-4-3-6-13(15)14-7-5-9-16(17(14)20)19-11-10-18-12-19/h3-12H,2H2,1H3. The van der Waals surface area contributed by atoms with E-state index in [1.54, 1.807) is 0 Å². The maximum Gasteiger partial charge on any atom is 0.0992 e. The van der Waals surface area contributed by atoms with E-state index >= 15 is 0 Å². The fourth-order valence-electron chi connectivity index (χ4n) is 3.03. The second-order valence-corrected chi connectivity index (χ2v) is 4.90. The highest BCUT2D eigenvalue weighted by Gasteiger charge is 2.13. The minimum absolute atomic E-state index is 0.954. The zero-order valence-corrected chi connectivity index (χ0v) is 11.3.